The van der Waals surface area contributed by atoms with Crippen molar-refractivity contribution in [2.75, 3.05) is 25.1 Å². The molecule has 1 saturated heterocycles. The van der Waals surface area contributed by atoms with Gasteiger partial charge < -0.3 is 25.3 Å². The summed E-state index contributed by atoms with van der Waals surface area (Å²) in [5.41, 5.74) is 6.62. The first-order valence-electron chi connectivity index (χ1n) is 9.78. The molecule has 2 spiro atoms. The maximum atomic E-state index is 12.6. The zero-order valence-electron chi connectivity index (χ0n) is 17.1. The number of anilines is 1. The Bertz CT molecular complexity index is 1060. The van der Waals surface area contributed by atoms with Gasteiger partial charge in [0.2, 0.25) is 0 Å². The Morgan fingerprint density at radius 3 is 2.53 bits per heavy atom. The van der Waals surface area contributed by atoms with E-state index >= 15 is 0 Å². The number of amides is 1. The van der Waals surface area contributed by atoms with Crippen LogP contribution in [0.15, 0.2) is 35.3 Å². The van der Waals surface area contributed by atoms with Crippen LogP contribution in [0, 0.1) is 12.3 Å². The number of nitrogens with two attached hydrogens (primary N) is 1. The number of benzene rings is 1. The Labute approximate surface area is 173 Å². The van der Waals surface area contributed by atoms with Crippen LogP contribution in [0.4, 0.5) is 5.69 Å². The second-order valence-electron chi connectivity index (χ2n) is 8.51. The van der Waals surface area contributed by atoms with E-state index in [0.29, 0.717) is 31.3 Å². The van der Waals surface area contributed by atoms with Crippen LogP contribution in [0.2, 0.25) is 0 Å². The summed E-state index contributed by atoms with van der Waals surface area (Å²) in [4.78, 5) is 17.4. The van der Waals surface area contributed by atoms with Gasteiger partial charge in [-0.2, -0.15) is 5.10 Å². The van der Waals surface area contributed by atoms with E-state index in [1.807, 2.05) is 32.9 Å². The molecule has 1 atom stereocenters. The minimum absolute atomic E-state index is 0.147. The fourth-order valence-corrected chi connectivity index (χ4v) is 4.57. The topological polar surface area (TPSA) is 121 Å². The van der Waals surface area contributed by atoms with Gasteiger partial charge in [-0.15, -0.1) is 5.10 Å². The summed E-state index contributed by atoms with van der Waals surface area (Å²) in [5.74, 6) is 0.341. The summed E-state index contributed by atoms with van der Waals surface area (Å²) in [6.07, 6.45) is 0. The summed E-state index contributed by atoms with van der Waals surface area (Å²) in [7, 11) is 0. The highest BCUT2D eigenvalue weighted by atomic mass is 16.5. The number of fused-ring (bicyclic) bond motifs is 3. The van der Waals surface area contributed by atoms with E-state index < -0.39 is 16.6 Å². The smallest absolute Gasteiger partial charge is 0.283 e. The molecular formula is C21H23N5O4. The molecule has 30 heavy (non-hydrogen) atoms. The molecule has 5 rings (SSSR count). The SMILES string of the molecule is Cc1ccc(C(=O)Nc2ccc3c(c2)C2(COC(N)=N2)C2(COC2)C(C)(C)O3)nn1. The Balaban J connectivity index is 1.56. The van der Waals surface area contributed by atoms with Gasteiger partial charge in [0.05, 0.1) is 24.3 Å². The maximum Gasteiger partial charge on any atom is 0.283 e. The first-order valence-corrected chi connectivity index (χ1v) is 9.78. The van der Waals surface area contributed by atoms with E-state index in [1.54, 1.807) is 18.2 Å². The van der Waals surface area contributed by atoms with Crippen LogP contribution < -0.4 is 15.8 Å². The highest BCUT2D eigenvalue weighted by Gasteiger charge is 2.71. The molecular weight excluding hydrogens is 386 g/mol. The lowest BCUT2D eigenvalue weighted by Crippen LogP contribution is -2.71. The van der Waals surface area contributed by atoms with Crippen molar-refractivity contribution in [1.29, 1.82) is 0 Å². The maximum absolute atomic E-state index is 12.6. The number of carbonyl (C=O) groups is 1. The third-order valence-corrected chi connectivity index (χ3v) is 6.45. The first-order chi connectivity index (χ1) is 14.3. The number of hydrogen-bond donors (Lipinski definition) is 2. The number of nitrogens with one attached hydrogen (secondary N) is 1. The van der Waals surface area contributed by atoms with E-state index in [4.69, 9.17) is 24.9 Å². The normalized spacial score (nSPS) is 25.0. The van der Waals surface area contributed by atoms with Crippen molar-refractivity contribution in [1.82, 2.24) is 10.2 Å². The first kappa shape index (κ1) is 18.8. The minimum Gasteiger partial charge on any atom is -0.487 e. The fourth-order valence-electron chi connectivity index (χ4n) is 4.57. The van der Waals surface area contributed by atoms with Crippen molar-refractivity contribution < 1.29 is 19.0 Å². The summed E-state index contributed by atoms with van der Waals surface area (Å²) in [6, 6.07) is 9.03. The molecule has 3 aliphatic heterocycles. The van der Waals surface area contributed by atoms with Crippen molar-refractivity contribution in [2.24, 2.45) is 16.1 Å². The molecule has 1 amide bonds. The number of rotatable bonds is 2. The van der Waals surface area contributed by atoms with E-state index in [0.717, 1.165) is 11.3 Å². The molecule has 3 aliphatic rings. The average Bonchev–Trinajstić information content (AvgIpc) is 3.03. The predicted molar refractivity (Wildman–Crippen MR) is 108 cm³/mol. The van der Waals surface area contributed by atoms with Crippen LogP contribution >= 0.6 is 0 Å². The number of aliphatic imine (C=N–C) groups is 1. The van der Waals surface area contributed by atoms with Crippen molar-refractivity contribution in [3.05, 3.63) is 47.3 Å². The molecule has 0 saturated carbocycles. The number of ether oxygens (including phenoxy) is 3. The lowest BCUT2D eigenvalue weighted by Gasteiger charge is -2.61. The molecule has 1 aromatic carbocycles. The molecule has 156 valence electrons. The highest BCUT2D eigenvalue weighted by Crippen LogP contribution is 2.62. The van der Waals surface area contributed by atoms with Gasteiger partial charge in [-0.25, -0.2) is 4.99 Å². The van der Waals surface area contributed by atoms with Crippen LogP contribution in [0.3, 0.4) is 0 Å². The monoisotopic (exact) mass is 409 g/mol. The molecule has 4 heterocycles. The lowest BCUT2D eigenvalue weighted by atomic mass is 9.55. The lowest BCUT2D eigenvalue weighted by molar-refractivity contribution is -0.247. The quantitative estimate of drug-likeness (QED) is 0.775. The number of aryl methyl sites for hydroxylation is 1. The number of amidine groups is 1. The number of aromatic nitrogens is 2. The highest BCUT2D eigenvalue weighted by molar-refractivity contribution is 6.02. The Hall–Kier alpha value is -3.20. The number of carbonyl (C=O) groups excluding carboxylic acids is 1. The van der Waals surface area contributed by atoms with Gasteiger partial charge in [-0.3, -0.25) is 4.79 Å². The van der Waals surface area contributed by atoms with Gasteiger partial charge in [0.15, 0.2) is 5.69 Å². The third kappa shape index (κ3) is 2.44. The van der Waals surface area contributed by atoms with Gasteiger partial charge in [-0.1, -0.05) is 0 Å². The summed E-state index contributed by atoms with van der Waals surface area (Å²) in [6.45, 7) is 7.15. The summed E-state index contributed by atoms with van der Waals surface area (Å²) in [5, 5.41) is 10.8. The van der Waals surface area contributed by atoms with Crippen LogP contribution in [0.1, 0.15) is 35.6 Å². The number of hydrogen-bond acceptors (Lipinski definition) is 8. The van der Waals surface area contributed by atoms with E-state index in [1.165, 1.54) is 0 Å². The van der Waals surface area contributed by atoms with Crippen LogP contribution in [-0.4, -0.2) is 47.5 Å². The standard InChI is InChI=1S/C21H23N5O4/c1-12-4-6-15(26-25-12)17(27)23-13-5-7-16-14(8-13)21(11-29-18(22)24-21)20(9-28-10-20)19(2,3)30-16/h4-8H,9-11H2,1-3H3,(H2,22,24)(H,23,27). The van der Waals surface area contributed by atoms with Crippen LogP contribution in [0.25, 0.3) is 0 Å². The second-order valence-corrected chi connectivity index (χ2v) is 8.51. The molecule has 1 fully saturated rings. The minimum atomic E-state index is -0.753. The van der Waals surface area contributed by atoms with Gasteiger partial charge in [-0.05, 0) is 51.1 Å². The van der Waals surface area contributed by atoms with Gasteiger partial charge >= 0.3 is 0 Å². The molecule has 1 unspecified atom stereocenters. The molecule has 2 aromatic rings. The Kier molecular flexibility index (Phi) is 3.85. The van der Waals surface area contributed by atoms with Crippen LogP contribution in [-0.2, 0) is 15.0 Å². The molecule has 0 radical (unpaired) electrons. The van der Waals surface area contributed by atoms with E-state index in [2.05, 4.69) is 15.5 Å². The summed E-state index contributed by atoms with van der Waals surface area (Å²) >= 11 is 0. The van der Waals surface area contributed by atoms with Crippen molar-refractivity contribution in [3.63, 3.8) is 0 Å². The zero-order chi connectivity index (χ0) is 21.1. The third-order valence-electron chi connectivity index (χ3n) is 6.45. The van der Waals surface area contributed by atoms with Gasteiger partial charge in [0, 0.05) is 11.3 Å². The van der Waals surface area contributed by atoms with Crippen molar-refractivity contribution in [3.8, 4) is 5.75 Å². The van der Waals surface area contributed by atoms with Crippen LogP contribution in [0.5, 0.6) is 5.75 Å². The van der Waals surface area contributed by atoms with Crippen molar-refractivity contribution >= 4 is 17.6 Å². The predicted octanol–water partition coefficient (Wildman–Crippen LogP) is 1.77. The van der Waals surface area contributed by atoms with Gasteiger partial charge in [0.1, 0.15) is 23.5 Å². The molecule has 3 N–H and O–H groups in total. The van der Waals surface area contributed by atoms with Crippen molar-refractivity contribution in [2.45, 2.75) is 31.9 Å². The Morgan fingerprint density at radius 2 is 1.93 bits per heavy atom. The molecule has 1 aromatic heterocycles. The number of nitrogens with zero attached hydrogens (tertiary/aromatic N) is 3. The fraction of sp³-hybridized carbons (Fsp3) is 0.429. The molecule has 0 aliphatic carbocycles. The largest absolute Gasteiger partial charge is 0.487 e. The molecule has 9 nitrogen and oxygen atoms in total. The molecule has 0 bridgehead atoms. The van der Waals surface area contributed by atoms with E-state index in [9.17, 15) is 4.79 Å². The van der Waals surface area contributed by atoms with Gasteiger partial charge in [0.25, 0.3) is 11.9 Å². The zero-order valence-corrected chi connectivity index (χ0v) is 17.1. The summed E-state index contributed by atoms with van der Waals surface area (Å²) < 4.78 is 17.6. The Morgan fingerprint density at radius 1 is 1.13 bits per heavy atom. The van der Waals surface area contributed by atoms with E-state index in [-0.39, 0.29) is 17.6 Å². The molecule has 9 heteroatoms. The second kappa shape index (κ2) is 6.15. The average molecular weight is 409 g/mol.